The Hall–Kier alpha value is -3.56. The maximum atomic E-state index is 12.5. The van der Waals surface area contributed by atoms with Gasteiger partial charge in [0.25, 0.3) is 5.56 Å². The van der Waals surface area contributed by atoms with Crippen LogP contribution in [0.4, 0.5) is 10.5 Å². The Bertz CT molecular complexity index is 981. The molecule has 3 rings (SSSR count). The quantitative estimate of drug-likeness (QED) is 0.758. The molecular weight excluding hydrogens is 392 g/mol. The van der Waals surface area contributed by atoms with Crippen LogP contribution in [0.1, 0.15) is 18.2 Å². The van der Waals surface area contributed by atoms with Gasteiger partial charge in [0.2, 0.25) is 5.91 Å². The highest BCUT2D eigenvalue weighted by Gasteiger charge is 2.24. The van der Waals surface area contributed by atoms with E-state index < -0.39 is 17.6 Å². The average Bonchev–Trinajstić information content (AvgIpc) is 2.73. The van der Waals surface area contributed by atoms with E-state index in [2.05, 4.69) is 10.4 Å². The van der Waals surface area contributed by atoms with Crippen LogP contribution < -0.4 is 20.3 Å². The summed E-state index contributed by atoms with van der Waals surface area (Å²) in [5.41, 5.74) is 1.41. The monoisotopic (exact) mass is 416 g/mol. The topological polar surface area (TPSA) is 112 Å². The summed E-state index contributed by atoms with van der Waals surface area (Å²) in [6.45, 7) is 2.48. The minimum atomic E-state index is -0.419. The van der Waals surface area contributed by atoms with Crippen molar-refractivity contribution in [3.8, 4) is 11.5 Å². The standard InChI is InChI=1S/C20H24N4O6/c1-4-30-20(27)23-6-5-17-13(11-23)7-19(26)24(22-17)12-18(25)21-14-8-15(28-2)10-16(9-14)29-3/h7-10H,4-6,11-12H2,1-3H3,(H,21,25). The fraction of sp³-hybridized carbons (Fsp3) is 0.400. The maximum Gasteiger partial charge on any atom is 0.410 e. The molecule has 2 aromatic rings. The van der Waals surface area contributed by atoms with Gasteiger partial charge >= 0.3 is 6.09 Å². The summed E-state index contributed by atoms with van der Waals surface area (Å²) in [6, 6.07) is 6.39. The predicted octanol–water partition coefficient (Wildman–Crippen LogP) is 1.41. The lowest BCUT2D eigenvalue weighted by molar-refractivity contribution is -0.117. The van der Waals surface area contributed by atoms with E-state index in [0.717, 1.165) is 4.68 Å². The number of ether oxygens (including phenoxy) is 3. The van der Waals surface area contributed by atoms with Crippen molar-refractivity contribution >= 4 is 17.7 Å². The van der Waals surface area contributed by atoms with Gasteiger partial charge in [-0.05, 0) is 6.92 Å². The van der Waals surface area contributed by atoms with Gasteiger partial charge in [0.15, 0.2) is 0 Å². The number of benzene rings is 1. The molecule has 0 aliphatic carbocycles. The minimum Gasteiger partial charge on any atom is -0.497 e. The Balaban J connectivity index is 1.72. The molecule has 1 N–H and O–H groups in total. The van der Waals surface area contributed by atoms with Crippen molar-refractivity contribution in [2.24, 2.45) is 0 Å². The highest BCUT2D eigenvalue weighted by atomic mass is 16.6. The molecule has 0 atom stereocenters. The fourth-order valence-corrected chi connectivity index (χ4v) is 3.14. The van der Waals surface area contributed by atoms with Crippen LogP contribution in [0.3, 0.4) is 0 Å². The Morgan fingerprint density at radius 1 is 1.13 bits per heavy atom. The molecule has 10 heteroatoms. The fourth-order valence-electron chi connectivity index (χ4n) is 3.14. The Labute approximate surface area is 173 Å². The lowest BCUT2D eigenvalue weighted by atomic mass is 10.1. The van der Waals surface area contributed by atoms with Crippen molar-refractivity contribution < 1.29 is 23.8 Å². The molecule has 0 radical (unpaired) electrons. The molecule has 0 saturated heterocycles. The van der Waals surface area contributed by atoms with Crippen molar-refractivity contribution in [1.29, 1.82) is 0 Å². The second kappa shape index (κ2) is 9.29. The summed E-state index contributed by atoms with van der Waals surface area (Å²) in [5.74, 6) is 0.642. The number of anilines is 1. The predicted molar refractivity (Wildman–Crippen MR) is 108 cm³/mol. The van der Waals surface area contributed by atoms with Crippen LogP contribution in [0, 0.1) is 0 Å². The molecule has 0 unspecified atom stereocenters. The first-order valence-corrected chi connectivity index (χ1v) is 9.48. The van der Waals surface area contributed by atoms with Crippen LogP contribution in [0.2, 0.25) is 0 Å². The third-order valence-corrected chi connectivity index (χ3v) is 4.60. The highest BCUT2D eigenvalue weighted by molar-refractivity contribution is 5.91. The number of amides is 2. The zero-order chi connectivity index (χ0) is 21.7. The van der Waals surface area contributed by atoms with E-state index in [0.29, 0.717) is 41.4 Å². The number of nitrogens with zero attached hydrogens (tertiary/aromatic N) is 3. The zero-order valence-corrected chi connectivity index (χ0v) is 17.1. The van der Waals surface area contributed by atoms with Gasteiger partial charge in [-0.15, -0.1) is 0 Å². The summed E-state index contributed by atoms with van der Waals surface area (Å²) in [7, 11) is 3.03. The maximum absolute atomic E-state index is 12.5. The average molecular weight is 416 g/mol. The van der Waals surface area contributed by atoms with Crippen LogP contribution in [0.5, 0.6) is 11.5 Å². The molecule has 2 heterocycles. The second-order valence-electron chi connectivity index (χ2n) is 6.63. The zero-order valence-electron chi connectivity index (χ0n) is 17.1. The first-order chi connectivity index (χ1) is 14.4. The molecule has 1 aromatic carbocycles. The summed E-state index contributed by atoms with van der Waals surface area (Å²) in [4.78, 5) is 38.3. The molecule has 160 valence electrons. The number of hydrogen-bond donors (Lipinski definition) is 1. The number of nitrogens with one attached hydrogen (secondary N) is 1. The molecule has 0 fully saturated rings. The van der Waals surface area contributed by atoms with E-state index in [9.17, 15) is 14.4 Å². The molecule has 10 nitrogen and oxygen atoms in total. The van der Waals surface area contributed by atoms with Gasteiger partial charge in [-0.3, -0.25) is 9.59 Å². The van der Waals surface area contributed by atoms with E-state index in [4.69, 9.17) is 14.2 Å². The van der Waals surface area contributed by atoms with Crippen LogP contribution in [-0.4, -0.2) is 54.1 Å². The molecule has 1 aromatic heterocycles. The largest absolute Gasteiger partial charge is 0.497 e. The van der Waals surface area contributed by atoms with Gasteiger partial charge in [-0.1, -0.05) is 0 Å². The van der Waals surface area contributed by atoms with Crippen molar-refractivity contribution in [3.63, 3.8) is 0 Å². The van der Waals surface area contributed by atoms with Gasteiger partial charge in [-0.2, -0.15) is 5.10 Å². The Kier molecular flexibility index (Phi) is 6.55. The lowest BCUT2D eigenvalue weighted by Crippen LogP contribution is -2.39. The summed E-state index contributed by atoms with van der Waals surface area (Å²) >= 11 is 0. The molecule has 0 saturated carbocycles. The summed E-state index contributed by atoms with van der Waals surface area (Å²) < 4.78 is 16.5. The Morgan fingerprint density at radius 3 is 2.47 bits per heavy atom. The van der Waals surface area contributed by atoms with Gasteiger partial charge in [0.1, 0.15) is 18.0 Å². The summed E-state index contributed by atoms with van der Waals surface area (Å²) in [6.07, 6.45) is 0.0591. The van der Waals surface area contributed by atoms with Gasteiger partial charge in [0, 0.05) is 48.5 Å². The number of hydrogen-bond acceptors (Lipinski definition) is 7. The molecule has 2 amide bonds. The molecule has 1 aliphatic heterocycles. The van der Waals surface area contributed by atoms with E-state index >= 15 is 0 Å². The molecule has 0 bridgehead atoms. The van der Waals surface area contributed by atoms with E-state index in [1.54, 1.807) is 25.1 Å². The smallest absolute Gasteiger partial charge is 0.410 e. The number of fused-ring (bicyclic) bond motifs is 1. The van der Waals surface area contributed by atoms with Crippen LogP contribution in [0.25, 0.3) is 0 Å². The minimum absolute atomic E-state index is 0.243. The normalized spacial score (nSPS) is 12.7. The third kappa shape index (κ3) is 4.88. The number of methoxy groups -OCH3 is 2. The van der Waals surface area contributed by atoms with Crippen LogP contribution >= 0.6 is 0 Å². The van der Waals surface area contributed by atoms with Crippen LogP contribution in [-0.2, 0) is 29.0 Å². The van der Waals surface area contributed by atoms with Gasteiger partial charge in [0.05, 0.1) is 33.1 Å². The summed E-state index contributed by atoms with van der Waals surface area (Å²) in [5, 5.41) is 7.03. The van der Waals surface area contributed by atoms with Crippen molar-refractivity contribution in [3.05, 3.63) is 45.9 Å². The first-order valence-electron chi connectivity index (χ1n) is 9.48. The molecule has 1 aliphatic rings. The Morgan fingerprint density at radius 2 is 1.83 bits per heavy atom. The van der Waals surface area contributed by atoms with Crippen LogP contribution in [0.15, 0.2) is 29.1 Å². The van der Waals surface area contributed by atoms with Gasteiger partial charge in [-0.25, -0.2) is 9.48 Å². The van der Waals surface area contributed by atoms with E-state index in [1.165, 1.54) is 25.2 Å². The molecule has 0 spiro atoms. The van der Waals surface area contributed by atoms with Crippen molar-refractivity contribution in [2.45, 2.75) is 26.4 Å². The SMILES string of the molecule is CCOC(=O)N1CCc2nn(CC(=O)Nc3cc(OC)cc(OC)c3)c(=O)cc2C1. The molecular formula is C20H24N4O6. The van der Waals surface area contributed by atoms with Crippen molar-refractivity contribution in [2.75, 3.05) is 32.7 Å². The second-order valence-corrected chi connectivity index (χ2v) is 6.63. The van der Waals surface area contributed by atoms with E-state index in [1.807, 2.05) is 0 Å². The first kappa shape index (κ1) is 21.2. The number of carbonyl (C=O) groups is 2. The van der Waals surface area contributed by atoms with Gasteiger partial charge < -0.3 is 24.4 Å². The molecule has 30 heavy (non-hydrogen) atoms. The number of aromatic nitrogens is 2. The van der Waals surface area contributed by atoms with Crippen molar-refractivity contribution in [1.82, 2.24) is 14.7 Å². The number of rotatable bonds is 6. The third-order valence-electron chi connectivity index (χ3n) is 4.60. The lowest BCUT2D eigenvalue weighted by Gasteiger charge is -2.27. The highest BCUT2D eigenvalue weighted by Crippen LogP contribution is 2.25. The number of carbonyl (C=O) groups excluding carboxylic acids is 2. The van der Waals surface area contributed by atoms with E-state index in [-0.39, 0.29) is 19.7 Å².